The van der Waals surface area contributed by atoms with Crippen LogP contribution >= 0.6 is 0 Å². The molecule has 0 spiro atoms. The van der Waals surface area contributed by atoms with Crippen LogP contribution in [0.25, 0.3) is 11.3 Å². The van der Waals surface area contributed by atoms with Crippen LogP contribution in [0.3, 0.4) is 0 Å². The van der Waals surface area contributed by atoms with Crippen molar-refractivity contribution in [1.82, 2.24) is 4.98 Å². The van der Waals surface area contributed by atoms with Gasteiger partial charge in [0.05, 0.1) is 6.61 Å². The van der Waals surface area contributed by atoms with Crippen molar-refractivity contribution in [3.63, 3.8) is 0 Å². The molecule has 2 aromatic rings. The maximum atomic E-state index is 11.9. The molecule has 106 valence electrons. The van der Waals surface area contributed by atoms with Gasteiger partial charge in [0.2, 0.25) is 0 Å². The molecule has 0 N–H and O–H groups in total. The summed E-state index contributed by atoms with van der Waals surface area (Å²) in [5.74, 6) is -0.0489. The molecule has 0 amide bonds. The fourth-order valence-electron chi connectivity index (χ4n) is 1.74. The number of rotatable bonds is 6. The van der Waals surface area contributed by atoms with Crippen LogP contribution in [-0.4, -0.2) is 31.3 Å². The Labute approximate surface area is 117 Å². The highest BCUT2D eigenvalue weighted by Gasteiger charge is 2.19. The summed E-state index contributed by atoms with van der Waals surface area (Å²) in [4.78, 5) is 15.9. The first-order valence-electron chi connectivity index (χ1n) is 6.39. The van der Waals surface area contributed by atoms with E-state index in [2.05, 4.69) is 4.98 Å². The molecule has 20 heavy (non-hydrogen) atoms. The molecule has 0 aliphatic heterocycles. The molecule has 0 atom stereocenters. The van der Waals surface area contributed by atoms with Gasteiger partial charge in [0.15, 0.2) is 17.8 Å². The van der Waals surface area contributed by atoms with Gasteiger partial charge in [-0.1, -0.05) is 29.8 Å². The molecule has 0 saturated heterocycles. The third kappa shape index (κ3) is 3.45. The summed E-state index contributed by atoms with van der Waals surface area (Å²) >= 11 is 0. The predicted octanol–water partition coefficient (Wildman–Crippen LogP) is 2.84. The normalized spacial score (nSPS) is 10.5. The van der Waals surface area contributed by atoms with E-state index in [0.29, 0.717) is 25.4 Å². The Hall–Kier alpha value is -2.14. The Morgan fingerprint density at radius 1 is 1.25 bits per heavy atom. The number of aromatic nitrogens is 1. The highest BCUT2D eigenvalue weighted by molar-refractivity contribution is 5.93. The van der Waals surface area contributed by atoms with E-state index < -0.39 is 5.97 Å². The zero-order valence-electron chi connectivity index (χ0n) is 11.6. The maximum absolute atomic E-state index is 11.9. The van der Waals surface area contributed by atoms with Crippen molar-refractivity contribution in [3.8, 4) is 11.3 Å². The minimum atomic E-state index is -0.481. The second-order valence-corrected chi connectivity index (χ2v) is 4.38. The SMILES string of the molecule is COCCCOC(=O)c1ncoc1-c1ccc(C)cc1. The van der Waals surface area contributed by atoms with Crippen molar-refractivity contribution < 1.29 is 18.7 Å². The molecule has 2 rings (SSSR count). The number of oxazole rings is 1. The van der Waals surface area contributed by atoms with Gasteiger partial charge in [0.1, 0.15) is 0 Å². The third-order valence-electron chi connectivity index (χ3n) is 2.80. The minimum Gasteiger partial charge on any atom is -0.461 e. The van der Waals surface area contributed by atoms with Crippen LogP contribution < -0.4 is 0 Å². The summed E-state index contributed by atoms with van der Waals surface area (Å²) in [7, 11) is 1.61. The van der Waals surface area contributed by atoms with Crippen molar-refractivity contribution in [3.05, 3.63) is 41.9 Å². The minimum absolute atomic E-state index is 0.200. The van der Waals surface area contributed by atoms with Crippen molar-refractivity contribution in [2.24, 2.45) is 0 Å². The van der Waals surface area contributed by atoms with Crippen molar-refractivity contribution >= 4 is 5.97 Å². The summed E-state index contributed by atoms with van der Waals surface area (Å²) in [6, 6.07) is 7.67. The van der Waals surface area contributed by atoms with E-state index in [1.807, 2.05) is 31.2 Å². The van der Waals surface area contributed by atoms with E-state index in [9.17, 15) is 4.79 Å². The van der Waals surface area contributed by atoms with Gasteiger partial charge in [-0.3, -0.25) is 0 Å². The van der Waals surface area contributed by atoms with Crippen LogP contribution in [0.1, 0.15) is 22.5 Å². The number of nitrogens with zero attached hydrogens (tertiary/aromatic N) is 1. The fourth-order valence-corrected chi connectivity index (χ4v) is 1.74. The average molecular weight is 275 g/mol. The van der Waals surface area contributed by atoms with E-state index in [-0.39, 0.29) is 5.69 Å². The quantitative estimate of drug-likeness (QED) is 0.599. The maximum Gasteiger partial charge on any atom is 0.360 e. The molecule has 0 bridgehead atoms. The molecule has 0 aliphatic rings. The number of benzene rings is 1. The first kappa shape index (κ1) is 14.3. The van der Waals surface area contributed by atoms with E-state index in [1.165, 1.54) is 6.39 Å². The number of aryl methyl sites for hydroxylation is 1. The Morgan fingerprint density at radius 2 is 2.00 bits per heavy atom. The summed E-state index contributed by atoms with van der Waals surface area (Å²) in [6.07, 6.45) is 1.90. The lowest BCUT2D eigenvalue weighted by atomic mass is 10.1. The second-order valence-electron chi connectivity index (χ2n) is 4.38. The standard InChI is InChI=1S/C15H17NO4/c1-11-4-6-12(7-5-11)14-13(16-10-20-14)15(17)19-9-3-8-18-2/h4-7,10H,3,8-9H2,1-2H3. The molecular weight excluding hydrogens is 258 g/mol. The average Bonchev–Trinajstić information content (AvgIpc) is 2.93. The summed E-state index contributed by atoms with van der Waals surface area (Å²) < 4.78 is 15.3. The molecule has 5 heteroatoms. The van der Waals surface area contributed by atoms with Crippen LogP contribution in [0.15, 0.2) is 35.1 Å². The fraction of sp³-hybridized carbons (Fsp3) is 0.333. The van der Waals surface area contributed by atoms with Gasteiger partial charge in [-0.25, -0.2) is 9.78 Å². The summed E-state index contributed by atoms with van der Waals surface area (Å²) in [5, 5.41) is 0. The van der Waals surface area contributed by atoms with Gasteiger partial charge < -0.3 is 13.9 Å². The lowest BCUT2D eigenvalue weighted by Crippen LogP contribution is -2.09. The molecule has 0 aliphatic carbocycles. The lowest BCUT2D eigenvalue weighted by Gasteiger charge is -2.04. The van der Waals surface area contributed by atoms with Gasteiger partial charge in [-0.05, 0) is 6.92 Å². The number of methoxy groups -OCH3 is 1. The smallest absolute Gasteiger partial charge is 0.360 e. The van der Waals surface area contributed by atoms with Gasteiger partial charge in [0.25, 0.3) is 0 Å². The number of esters is 1. The first-order valence-corrected chi connectivity index (χ1v) is 6.39. The largest absolute Gasteiger partial charge is 0.461 e. The van der Waals surface area contributed by atoms with Crippen molar-refractivity contribution in [2.45, 2.75) is 13.3 Å². The van der Waals surface area contributed by atoms with Crippen molar-refractivity contribution in [2.75, 3.05) is 20.3 Å². The molecule has 1 heterocycles. The van der Waals surface area contributed by atoms with Gasteiger partial charge in [-0.15, -0.1) is 0 Å². The summed E-state index contributed by atoms with van der Waals surface area (Å²) in [5.41, 5.74) is 2.14. The van der Waals surface area contributed by atoms with Crippen LogP contribution in [0.5, 0.6) is 0 Å². The molecular formula is C15H17NO4. The Kier molecular flexibility index (Phi) is 4.90. The monoisotopic (exact) mass is 275 g/mol. The molecule has 0 saturated carbocycles. The van der Waals surface area contributed by atoms with Gasteiger partial charge >= 0.3 is 5.97 Å². The van der Waals surface area contributed by atoms with Crippen LogP contribution in [0, 0.1) is 6.92 Å². The lowest BCUT2D eigenvalue weighted by molar-refractivity contribution is 0.0463. The highest BCUT2D eigenvalue weighted by Crippen LogP contribution is 2.24. The van der Waals surface area contributed by atoms with Crippen molar-refractivity contribution in [1.29, 1.82) is 0 Å². The number of ether oxygens (including phenoxy) is 2. The second kappa shape index (κ2) is 6.86. The van der Waals surface area contributed by atoms with E-state index in [0.717, 1.165) is 11.1 Å². The zero-order chi connectivity index (χ0) is 14.4. The van der Waals surface area contributed by atoms with Crippen LogP contribution in [0.4, 0.5) is 0 Å². The van der Waals surface area contributed by atoms with Crippen LogP contribution in [-0.2, 0) is 9.47 Å². The predicted molar refractivity (Wildman–Crippen MR) is 73.5 cm³/mol. The van der Waals surface area contributed by atoms with E-state index >= 15 is 0 Å². The third-order valence-corrected chi connectivity index (χ3v) is 2.80. The van der Waals surface area contributed by atoms with E-state index in [4.69, 9.17) is 13.9 Å². The zero-order valence-corrected chi connectivity index (χ0v) is 11.6. The van der Waals surface area contributed by atoms with Crippen LogP contribution in [0.2, 0.25) is 0 Å². The first-order chi connectivity index (χ1) is 9.72. The molecule has 0 radical (unpaired) electrons. The Balaban J connectivity index is 2.08. The molecule has 1 aromatic carbocycles. The number of hydrogen-bond acceptors (Lipinski definition) is 5. The number of carbonyl (C=O) groups is 1. The van der Waals surface area contributed by atoms with Gasteiger partial charge in [0, 0.05) is 25.7 Å². The van der Waals surface area contributed by atoms with Gasteiger partial charge in [-0.2, -0.15) is 0 Å². The summed E-state index contributed by atoms with van der Waals surface area (Å²) in [6.45, 7) is 2.85. The number of carbonyl (C=O) groups excluding carboxylic acids is 1. The molecule has 0 fully saturated rings. The number of hydrogen-bond donors (Lipinski definition) is 0. The topological polar surface area (TPSA) is 61.6 Å². The van der Waals surface area contributed by atoms with E-state index in [1.54, 1.807) is 7.11 Å². The Bertz CT molecular complexity index is 560. The molecule has 0 unspecified atom stereocenters. The highest BCUT2D eigenvalue weighted by atomic mass is 16.5. The Morgan fingerprint density at radius 3 is 2.70 bits per heavy atom. The molecule has 5 nitrogen and oxygen atoms in total. The molecule has 1 aromatic heterocycles.